The highest BCUT2D eigenvalue weighted by molar-refractivity contribution is 7.92. The summed E-state index contributed by atoms with van der Waals surface area (Å²) in [7, 11) is -3.53. The lowest BCUT2D eigenvalue weighted by molar-refractivity contribution is -0.384. The van der Waals surface area contributed by atoms with Crippen LogP contribution < -0.4 is 5.32 Å². The first-order chi connectivity index (χ1) is 9.98. The van der Waals surface area contributed by atoms with Crippen molar-refractivity contribution in [3.05, 3.63) is 34.5 Å². The van der Waals surface area contributed by atoms with Gasteiger partial charge in [-0.05, 0) is 19.0 Å². The molecule has 22 heavy (non-hydrogen) atoms. The Bertz CT molecular complexity index is 821. The molecule has 0 saturated carbocycles. The topological polar surface area (TPSA) is 115 Å². The normalized spacial score (nSPS) is 18.1. The molecule has 8 nitrogen and oxygen atoms in total. The quantitative estimate of drug-likeness (QED) is 0.654. The second kappa shape index (κ2) is 6.11. The molecule has 1 N–H and O–H groups in total. The molecule has 0 bridgehead atoms. The number of nitro benzene ring substituents is 1. The van der Waals surface area contributed by atoms with Crippen molar-refractivity contribution in [2.24, 2.45) is 0 Å². The minimum atomic E-state index is -3.53. The molecule has 3 rings (SSSR count). The molecule has 1 fully saturated rings. The zero-order valence-corrected chi connectivity index (χ0v) is 12.9. The van der Waals surface area contributed by atoms with Crippen molar-refractivity contribution in [2.75, 3.05) is 13.1 Å². The van der Waals surface area contributed by atoms with Crippen LogP contribution in [0.4, 0.5) is 5.69 Å². The molecule has 0 radical (unpaired) electrons. The highest BCUT2D eigenvalue weighted by Gasteiger charge is 2.31. The largest absolute Gasteiger partial charge is 0.315 e. The first-order valence-electron chi connectivity index (χ1n) is 6.34. The van der Waals surface area contributed by atoms with Gasteiger partial charge in [0.25, 0.3) is 5.69 Å². The van der Waals surface area contributed by atoms with Crippen molar-refractivity contribution in [1.29, 1.82) is 0 Å². The van der Waals surface area contributed by atoms with Gasteiger partial charge in [0.15, 0.2) is 5.03 Å². The second-order valence-corrected chi connectivity index (χ2v) is 6.97. The van der Waals surface area contributed by atoms with Gasteiger partial charge in [-0.1, -0.05) is 0 Å². The highest BCUT2D eigenvalue weighted by atomic mass is 35.5. The summed E-state index contributed by atoms with van der Waals surface area (Å²) in [5.41, 5.74) is 0.521. The van der Waals surface area contributed by atoms with Crippen LogP contribution in [-0.4, -0.2) is 41.6 Å². The summed E-state index contributed by atoms with van der Waals surface area (Å²) >= 11 is 0. The van der Waals surface area contributed by atoms with Crippen molar-refractivity contribution in [2.45, 2.75) is 16.7 Å². The van der Waals surface area contributed by atoms with Gasteiger partial charge in [0.2, 0.25) is 9.84 Å². The average molecular weight is 345 g/mol. The fraction of sp³-hybridized carbons (Fsp3) is 0.333. The van der Waals surface area contributed by atoms with Crippen LogP contribution in [0.1, 0.15) is 6.42 Å². The number of aromatic nitrogens is 2. The summed E-state index contributed by atoms with van der Waals surface area (Å²) in [6.07, 6.45) is 1.71. The number of halogens is 1. The van der Waals surface area contributed by atoms with Gasteiger partial charge >= 0.3 is 0 Å². The van der Waals surface area contributed by atoms with Gasteiger partial charge in [0.1, 0.15) is 0 Å². The fourth-order valence-corrected chi connectivity index (χ4v) is 3.83. The van der Waals surface area contributed by atoms with Gasteiger partial charge in [-0.2, -0.15) is 0 Å². The van der Waals surface area contributed by atoms with Crippen LogP contribution in [0.15, 0.2) is 29.4 Å². The van der Waals surface area contributed by atoms with Crippen LogP contribution in [-0.2, 0) is 9.84 Å². The van der Waals surface area contributed by atoms with E-state index in [-0.39, 0.29) is 23.1 Å². The smallest absolute Gasteiger partial charge is 0.271 e. The molecule has 10 heteroatoms. The monoisotopic (exact) mass is 344 g/mol. The Hall–Kier alpha value is -1.84. The van der Waals surface area contributed by atoms with Crippen molar-refractivity contribution >= 4 is 39.0 Å². The van der Waals surface area contributed by atoms with Crippen LogP contribution in [0.2, 0.25) is 0 Å². The van der Waals surface area contributed by atoms with Crippen LogP contribution in [0, 0.1) is 10.1 Å². The molecule has 0 spiro atoms. The van der Waals surface area contributed by atoms with Crippen LogP contribution in [0.5, 0.6) is 0 Å². The number of sulfone groups is 1. The third kappa shape index (κ3) is 2.87. The summed E-state index contributed by atoms with van der Waals surface area (Å²) in [4.78, 5) is 18.3. The minimum Gasteiger partial charge on any atom is -0.315 e. The second-order valence-electron chi connectivity index (χ2n) is 4.80. The van der Waals surface area contributed by atoms with E-state index >= 15 is 0 Å². The summed E-state index contributed by atoms with van der Waals surface area (Å²) in [6.45, 7) is 1.07. The predicted molar refractivity (Wildman–Crippen MR) is 81.9 cm³/mol. The lowest BCUT2D eigenvalue weighted by Gasteiger charge is -2.09. The number of non-ortho nitro benzene ring substituents is 1. The Labute approximate surface area is 132 Å². The summed E-state index contributed by atoms with van der Waals surface area (Å²) < 4.78 is 24.8. The fourth-order valence-electron chi connectivity index (χ4n) is 2.30. The number of hydrogen-bond donors (Lipinski definition) is 1. The van der Waals surface area contributed by atoms with Crippen molar-refractivity contribution in [3.63, 3.8) is 0 Å². The van der Waals surface area contributed by atoms with E-state index in [9.17, 15) is 18.5 Å². The Morgan fingerprint density at radius 1 is 1.32 bits per heavy atom. The SMILES string of the molecule is Cl.O=[N+]([O-])c1ccc2nc(S(=O)(=O)C3CCNC3)cnc2c1. The van der Waals surface area contributed by atoms with E-state index in [1.54, 1.807) is 0 Å². The number of rotatable bonds is 3. The van der Waals surface area contributed by atoms with Gasteiger partial charge in [-0.3, -0.25) is 15.1 Å². The molecule has 1 unspecified atom stereocenters. The lowest BCUT2D eigenvalue weighted by atomic mass is 10.3. The molecular formula is C12H13ClN4O4S. The van der Waals surface area contributed by atoms with Crippen molar-refractivity contribution in [1.82, 2.24) is 15.3 Å². The van der Waals surface area contributed by atoms with Gasteiger partial charge in [-0.25, -0.2) is 13.4 Å². The number of hydrogen-bond acceptors (Lipinski definition) is 7. The Kier molecular flexibility index (Phi) is 4.59. The molecule has 0 aliphatic carbocycles. The van der Waals surface area contributed by atoms with E-state index in [1.165, 1.54) is 24.4 Å². The molecule has 1 aromatic carbocycles. The maximum absolute atomic E-state index is 12.4. The molecule has 1 aliphatic heterocycles. The van der Waals surface area contributed by atoms with E-state index in [0.717, 1.165) is 0 Å². The van der Waals surface area contributed by atoms with Gasteiger partial charge in [0.05, 0.1) is 27.4 Å². The first kappa shape index (κ1) is 16.5. The Balaban J connectivity index is 0.00000176. The van der Waals surface area contributed by atoms with Crippen LogP contribution in [0.3, 0.4) is 0 Å². The standard InChI is InChI=1S/C12H12N4O4S.ClH/c17-16(18)8-1-2-10-11(5-8)14-7-12(15-10)21(19,20)9-3-4-13-6-9;/h1-2,5,7,9,13H,3-4,6H2;1H. The summed E-state index contributed by atoms with van der Waals surface area (Å²) in [6, 6.07) is 3.97. The van der Waals surface area contributed by atoms with Crippen molar-refractivity contribution < 1.29 is 13.3 Å². The molecule has 2 heterocycles. The number of nitro groups is 1. The molecule has 1 atom stereocenters. The van der Waals surface area contributed by atoms with Gasteiger partial charge in [0, 0.05) is 18.7 Å². The molecular weight excluding hydrogens is 332 g/mol. The maximum atomic E-state index is 12.4. The van der Waals surface area contributed by atoms with Crippen molar-refractivity contribution in [3.8, 4) is 0 Å². The van der Waals surface area contributed by atoms with E-state index in [4.69, 9.17) is 0 Å². The van der Waals surface area contributed by atoms with E-state index < -0.39 is 20.0 Å². The van der Waals surface area contributed by atoms with E-state index in [0.29, 0.717) is 30.5 Å². The third-order valence-electron chi connectivity index (χ3n) is 3.46. The van der Waals surface area contributed by atoms with Crippen LogP contribution in [0.25, 0.3) is 11.0 Å². The number of nitrogens with one attached hydrogen (secondary N) is 1. The maximum Gasteiger partial charge on any atom is 0.271 e. The summed E-state index contributed by atoms with van der Waals surface area (Å²) in [5, 5.41) is 13.1. The minimum absolute atomic E-state index is 0. The van der Waals surface area contributed by atoms with Gasteiger partial charge < -0.3 is 5.32 Å². The van der Waals surface area contributed by atoms with E-state index in [1.807, 2.05) is 0 Å². The predicted octanol–water partition coefficient (Wildman–Crippen LogP) is 1.10. The van der Waals surface area contributed by atoms with E-state index in [2.05, 4.69) is 15.3 Å². The first-order valence-corrected chi connectivity index (χ1v) is 7.89. The van der Waals surface area contributed by atoms with Crippen LogP contribution >= 0.6 is 12.4 Å². The highest BCUT2D eigenvalue weighted by Crippen LogP contribution is 2.22. The zero-order valence-electron chi connectivity index (χ0n) is 11.3. The number of benzene rings is 1. The molecule has 1 aromatic heterocycles. The average Bonchev–Trinajstić information content (AvgIpc) is 3.01. The molecule has 0 amide bonds. The number of nitrogens with zero attached hydrogens (tertiary/aromatic N) is 3. The number of fused-ring (bicyclic) bond motifs is 1. The molecule has 1 aliphatic rings. The molecule has 1 saturated heterocycles. The van der Waals surface area contributed by atoms with Gasteiger partial charge in [-0.15, -0.1) is 12.4 Å². The molecule has 118 valence electrons. The summed E-state index contributed by atoms with van der Waals surface area (Å²) in [5.74, 6) is 0. The zero-order chi connectivity index (χ0) is 15.0. The molecule has 2 aromatic rings. The Morgan fingerprint density at radius 2 is 2.09 bits per heavy atom. The lowest BCUT2D eigenvalue weighted by Crippen LogP contribution is -2.24. The third-order valence-corrected chi connectivity index (χ3v) is 5.52. The Morgan fingerprint density at radius 3 is 2.73 bits per heavy atom.